The minimum absolute atomic E-state index is 0.170. The highest BCUT2D eigenvalue weighted by Crippen LogP contribution is 2.20. The molecule has 0 spiro atoms. The molecule has 2 aromatic rings. The van der Waals surface area contributed by atoms with Crippen LogP contribution in [0.15, 0.2) is 6.20 Å². The Kier molecular flexibility index (Phi) is 2.86. The van der Waals surface area contributed by atoms with E-state index in [9.17, 15) is 4.79 Å². The molecule has 8 heteroatoms. The molecule has 0 aliphatic carbocycles. The molecule has 0 radical (unpaired) electrons. The van der Waals surface area contributed by atoms with Crippen molar-refractivity contribution in [1.82, 2.24) is 30.4 Å². The van der Waals surface area contributed by atoms with E-state index in [0.29, 0.717) is 11.4 Å². The van der Waals surface area contributed by atoms with Gasteiger partial charge < -0.3 is 5.73 Å². The van der Waals surface area contributed by atoms with Gasteiger partial charge in [0.05, 0.1) is 5.56 Å². The van der Waals surface area contributed by atoms with Crippen molar-refractivity contribution in [2.45, 2.75) is 26.3 Å². The van der Waals surface area contributed by atoms with Gasteiger partial charge in [-0.25, -0.2) is 5.10 Å². The molecule has 17 heavy (non-hydrogen) atoms. The zero-order valence-corrected chi connectivity index (χ0v) is 9.58. The standard InChI is InChI=1S/C9H13N7O/c1-3-5(2)16-4-6(7(13-16)8(10)17)9-11-14-15-12-9/h4-5H,3H2,1-2H3,(H2,10,17)(H,11,12,14,15). The molecule has 0 aliphatic heterocycles. The molecule has 8 nitrogen and oxygen atoms in total. The lowest BCUT2D eigenvalue weighted by molar-refractivity contribution is 0.0995. The monoisotopic (exact) mass is 235 g/mol. The summed E-state index contributed by atoms with van der Waals surface area (Å²) in [6, 6.07) is 0.178. The molecule has 2 heterocycles. The summed E-state index contributed by atoms with van der Waals surface area (Å²) in [5.74, 6) is -0.216. The molecule has 3 N–H and O–H groups in total. The zero-order chi connectivity index (χ0) is 12.4. The summed E-state index contributed by atoms with van der Waals surface area (Å²) in [6.45, 7) is 4.03. The highest BCUT2D eigenvalue weighted by atomic mass is 16.1. The Morgan fingerprint density at radius 3 is 2.94 bits per heavy atom. The highest BCUT2D eigenvalue weighted by molar-refractivity contribution is 5.96. The Hall–Kier alpha value is -2.25. The number of amides is 1. The van der Waals surface area contributed by atoms with E-state index in [1.165, 1.54) is 0 Å². The maximum absolute atomic E-state index is 11.3. The van der Waals surface area contributed by atoms with E-state index in [-0.39, 0.29) is 11.7 Å². The molecule has 2 aromatic heterocycles. The Bertz CT molecular complexity index is 515. The lowest BCUT2D eigenvalue weighted by atomic mass is 10.2. The molecule has 1 amide bonds. The van der Waals surface area contributed by atoms with Crippen LogP contribution in [-0.4, -0.2) is 36.3 Å². The van der Waals surface area contributed by atoms with Crippen LogP contribution in [0.1, 0.15) is 36.8 Å². The van der Waals surface area contributed by atoms with Crippen molar-refractivity contribution < 1.29 is 4.79 Å². The SMILES string of the molecule is CCC(C)n1cc(-c2nnn[nH]2)c(C(N)=O)n1. The predicted octanol–water partition coefficient (Wildman–Crippen LogP) is 0.133. The molecule has 0 bridgehead atoms. The Morgan fingerprint density at radius 1 is 1.65 bits per heavy atom. The lowest BCUT2D eigenvalue weighted by Gasteiger charge is -2.07. The number of carbonyl (C=O) groups excluding carboxylic acids is 1. The largest absolute Gasteiger partial charge is 0.364 e. The van der Waals surface area contributed by atoms with Crippen LogP contribution in [0.25, 0.3) is 11.4 Å². The summed E-state index contributed by atoms with van der Waals surface area (Å²) >= 11 is 0. The van der Waals surface area contributed by atoms with E-state index < -0.39 is 5.91 Å². The van der Waals surface area contributed by atoms with Crippen LogP contribution in [0.4, 0.5) is 0 Å². The molecule has 0 saturated heterocycles. The maximum atomic E-state index is 11.3. The number of tetrazole rings is 1. The number of H-pyrrole nitrogens is 1. The summed E-state index contributed by atoms with van der Waals surface area (Å²) < 4.78 is 1.69. The van der Waals surface area contributed by atoms with E-state index in [2.05, 4.69) is 25.7 Å². The van der Waals surface area contributed by atoms with Crippen LogP contribution in [-0.2, 0) is 0 Å². The Balaban J connectivity index is 2.50. The first-order chi connectivity index (χ1) is 8.13. The van der Waals surface area contributed by atoms with Crippen molar-refractivity contribution in [3.63, 3.8) is 0 Å². The molecule has 90 valence electrons. The molecule has 2 rings (SSSR count). The van der Waals surface area contributed by atoms with Crippen molar-refractivity contribution in [1.29, 1.82) is 0 Å². The van der Waals surface area contributed by atoms with Crippen LogP contribution in [0.3, 0.4) is 0 Å². The van der Waals surface area contributed by atoms with Crippen LogP contribution < -0.4 is 5.73 Å². The van der Waals surface area contributed by atoms with Crippen molar-refractivity contribution in [2.24, 2.45) is 5.73 Å². The summed E-state index contributed by atoms with van der Waals surface area (Å²) in [5.41, 5.74) is 5.97. The fraction of sp³-hybridized carbons (Fsp3) is 0.444. The number of nitrogens with two attached hydrogens (primary N) is 1. The minimum atomic E-state index is -0.599. The first kappa shape index (κ1) is 11.2. The third-order valence-corrected chi connectivity index (χ3v) is 2.61. The lowest BCUT2D eigenvalue weighted by Crippen LogP contribution is -2.14. The van der Waals surface area contributed by atoms with E-state index in [1.54, 1.807) is 10.9 Å². The molecule has 1 unspecified atom stereocenters. The molecular formula is C9H13N7O. The third kappa shape index (κ3) is 2.01. The van der Waals surface area contributed by atoms with Crippen molar-refractivity contribution in [2.75, 3.05) is 0 Å². The first-order valence-corrected chi connectivity index (χ1v) is 5.26. The van der Waals surface area contributed by atoms with Gasteiger partial charge in [-0.1, -0.05) is 6.92 Å². The number of hydrogen-bond donors (Lipinski definition) is 2. The van der Waals surface area contributed by atoms with Gasteiger partial charge in [0.15, 0.2) is 11.5 Å². The van der Waals surface area contributed by atoms with Crippen molar-refractivity contribution in [3.8, 4) is 11.4 Å². The Morgan fingerprint density at radius 2 is 2.41 bits per heavy atom. The Labute approximate surface area is 97.2 Å². The van der Waals surface area contributed by atoms with Crippen LogP contribution >= 0.6 is 0 Å². The molecule has 1 atom stereocenters. The third-order valence-electron chi connectivity index (χ3n) is 2.61. The number of carbonyl (C=O) groups is 1. The molecular weight excluding hydrogens is 222 g/mol. The predicted molar refractivity (Wildman–Crippen MR) is 58.9 cm³/mol. The fourth-order valence-electron chi connectivity index (χ4n) is 1.43. The van der Waals surface area contributed by atoms with Crippen molar-refractivity contribution in [3.05, 3.63) is 11.9 Å². The topological polar surface area (TPSA) is 115 Å². The average Bonchev–Trinajstić information content (AvgIpc) is 2.95. The smallest absolute Gasteiger partial charge is 0.269 e. The van der Waals surface area contributed by atoms with Gasteiger partial charge in [0.25, 0.3) is 5.91 Å². The summed E-state index contributed by atoms with van der Waals surface area (Å²) in [4.78, 5) is 11.3. The summed E-state index contributed by atoms with van der Waals surface area (Å²) in [5, 5.41) is 17.4. The van der Waals surface area contributed by atoms with E-state index >= 15 is 0 Å². The molecule has 0 aliphatic rings. The van der Waals surface area contributed by atoms with Gasteiger partial charge in [-0.15, -0.1) is 5.10 Å². The van der Waals surface area contributed by atoms with Crippen molar-refractivity contribution >= 4 is 5.91 Å². The fourth-order valence-corrected chi connectivity index (χ4v) is 1.43. The van der Waals surface area contributed by atoms with Gasteiger partial charge in [-0.05, 0) is 23.8 Å². The number of nitrogens with zero attached hydrogens (tertiary/aromatic N) is 5. The highest BCUT2D eigenvalue weighted by Gasteiger charge is 2.19. The normalized spacial score (nSPS) is 12.6. The first-order valence-electron chi connectivity index (χ1n) is 5.26. The van der Waals surface area contributed by atoms with Crippen LogP contribution in [0.2, 0.25) is 0 Å². The van der Waals surface area contributed by atoms with E-state index in [1.807, 2.05) is 13.8 Å². The maximum Gasteiger partial charge on any atom is 0.269 e. The number of nitrogens with one attached hydrogen (secondary N) is 1. The number of aromatic amines is 1. The number of aromatic nitrogens is 6. The van der Waals surface area contributed by atoms with Gasteiger partial charge in [0.1, 0.15) is 0 Å². The zero-order valence-electron chi connectivity index (χ0n) is 9.58. The average molecular weight is 235 g/mol. The van der Waals surface area contributed by atoms with Crippen LogP contribution in [0.5, 0.6) is 0 Å². The minimum Gasteiger partial charge on any atom is -0.364 e. The van der Waals surface area contributed by atoms with Gasteiger partial charge in [-0.3, -0.25) is 9.48 Å². The second kappa shape index (κ2) is 4.32. The quantitative estimate of drug-likeness (QED) is 0.781. The van der Waals surface area contributed by atoms with Gasteiger partial charge in [0.2, 0.25) is 0 Å². The molecule has 0 saturated carbocycles. The van der Waals surface area contributed by atoms with Gasteiger partial charge >= 0.3 is 0 Å². The second-order valence-corrected chi connectivity index (χ2v) is 3.74. The van der Waals surface area contributed by atoms with E-state index in [4.69, 9.17) is 5.73 Å². The number of hydrogen-bond acceptors (Lipinski definition) is 5. The number of primary amides is 1. The van der Waals surface area contributed by atoms with E-state index in [0.717, 1.165) is 6.42 Å². The summed E-state index contributed by atoms with van der Waals surface area (Å²) in [6.07, 6.45) is 2.62. The van der Waals surface area contributed by atoms with Gasteiger partial charge in [-0.2, -0.15) is 5.10 Å². The van der Waals surface area contributed by atoms with Gasteiger partial charge in [0, 0.05) is 12.2 Å². The number of rotatable bonds is 4. The molecule has 0 aromatic carbocycles. The van der Waals surface area contributed by atoms with Crippen LogP contribution in [0, 0.1) is 0 Å². The summed E-state index contributed by atoms with van der Waals surface area (Å²) in [7, 11) is 0. The second-order valence-electron chi connectivity index (χ2n) is 3.74. The molecule has 0 fully saturated rings.